The SMILES string of the molecule is Cc1cccc(Cl)c1N1CC=C[C@]23O[C@@]4(C)/C=C\CCCCOC(=O)[C@H]4[C@H]2C(=O)N(CCCCO)C3C1=O. The molecule has 2 amide bonds. The number of fused-ring (bicyclic) bond motifs is 2. The Kier molecular flexibility index (Phi) is 7.42. The summed E-state index contributed by atoms with van der Waals surface area (Å²) >= 11 is 6.58. The number of hydrogen-bond donors (Lipinski definition) is 1. The fourth-order valence-corrected chi connectivity index (χ4v) is 6.92. The molecule has 204 valence electrons. The van der Waals surface area contributed by atoms with Crippen molar-refractivity contribution >= 4 is 35.1 Å². The van der Waals surface area contributed by atoms with Crippen molar-refractivity contribution in [2.24, 2.45) is 11.8 Å². The minimum atomic E-state index is -1.35. The van der Waals surface area contributed by atoms with E-state index in [1.165, 1.54) is 0 Å². The predicted molar refractivity (Wildman–Crippen MR) is 143 cm³/mol. The van der Waals surface area contributed by atoms with Crippen LogP contribution < -0.4 is 4.90 Å². The number of esters is 1. The number of rotatable bonds is 5. The number of anilines is 1. The number of amides is 2. The molecule has 9 heteroatoms. The summed E-state index contributed by atoms with van der Waals surface area (Å²) in [5, 5.41) is 9.82. The number of aliphatic hydroxyl groups excluding tert-OH is 1. The molecule has 4 aliphatic heterocycles. The fraction of sp³-hybridized carbons (Fsp3) is 0.552. The van der Waals surface area contributed by atoms with Gasteiger partial charge in [0.05, 0.1) is 28.8 Å². The van der Waals surface area contributed by atoms with Crippen LogP contribution in [0.25, 0.3) is 0 Å². The van der Waals surface area contributed by atoms with Gasteiger partial charge in [-0.3, -0.25) is 14.4 Å². The third-order valence-electron chi connectivity index (χ3n) is 8.27. The lowest BCUT2D eigenvalue weighted by Gasteiger charge is -2.38. The first kappa shape index (κ1) is 26.9. The molecule has 2 saturated heterocycles. The summed E-state index contributed by atoms with van der Waals surface area (Å²) in [6, 6.07) is 4.47. The van der Waals surface area contributed by atoms with Crippen LogP contribution in [0.5, 0.6) is 0 Å². The van der Waals surface area contributed by atoms with E-state index in [4.69, 9.17) is 21.1 Å². The van der Waals surface area contributed by atoms with Crippen LogP contribution in [-0.2, 0) is 23.9 Å². The Labute approximate surface area is 228 Å². The second kappa shape index (κ2) is 10.5. The normalized spacial score (nSPS) is 33.9. The summed E-state index contributed by atoms with van der Waals surface area (Å²) in [4.78, 5) is 45.3. The molecule has 0 saturated carbocycles. The van der Waals surface area contributed by atoms with E-state index in [-0.39, 0.29) is 38.1 Å². The molecule has 1 unspecified atom stereocenters. The maximum absolute atomic E-state index is 14.5. The number of allylic oxidation sites excluding steroid dienone is 1. The molecule has 0 aliphatic carbocycles. The number of aliphatic hydroxyl groups is 1. The van der Waals surface area contributed by atoms with Crippen molar-refractivity contribution < 1.29 is 29.0 Å². The van der Waals surface area contributed by atoms with Crippen LogP contribution in [0.3, 0.4) is 0 Å². The molecule has 1 spiro atoms. The van der Waals surface area contributed by atoms with E-state index in [1.54, 1.807) is 15.9 Å². The summed E-state index contributed by atoms with van der Waals surface area (Å²) in [7, 11) is 0. The van der Waals surface area contributed by atoms with Crippen molar-refractivity contribution in [2.45, 2.75) is 63.2 Å². The number of ether oxygens (including phenoxy) is 2. The molecule has 0 radical (unpaired) electrons. The zero-order valence-electron chi connectivity index (χ0n) is 21.9. The summed E-state index contributed by atoms with van der Waals surface area (Å²) in [6.45, 7) is 4.47. The summed E-state index contributed by atoms with van der Waals surface area (Å²) in [6.07, 6.45) is 11.0. The molecule has 4 heterocycles. The van der Waals surface area contributed by atoms with Crippen molar-refractivity contribution in [1.82, 2.24) is 4.90 Å². The van der Waals surface area contributed by atoms with E-state index in [9.17, 15) is 19.5 Å². The molecule has 38 heavy (non-hydrogen) atoms. The average molecular weight is 543 g/mol. The third kappa shape index (κ3) is 4.27. The van der Waals surface area contributed by atoms with Crippen molar-refractivity contribution in [3.63, 3.8) is 0 Å². The molecule has 5 atom stereocenters. The topological polar surface area (TPSA) is 96.4 Å². The van der Waals surface area contributed by atoms with Crippen LogP contribution in [0, 0.1) is 18.8 Å². The highest BCUT2D eigenvalue weighted by atomic mass is 35.5. The van der Waals surface area contributed by atoms with E-state index < -0.39 is 35.0 Å². The zero-order valence-corrected chi connectivity index (χ0v) is 22.7. The Bertz CT molecular complexity index is 1160. The van der Waals surface area contributed by atoms with Gasteiger partial charge < -0.3 is 24.4 Å². The van der Waals surface area contributed by atoms with E-state index >= 15 is 0 Å². The van der Waals surface area contributed by atoms with Gasteiger partial charge in [0, 0.05) is 19.7 Å². The number of halogens is 1. The van der Waals surface area contributed by atoms with Crippen LogP contribution in [0.1, 0.15) is 44.6 Å². The van der Waals surface area contributed by atoms with Crippen LogP contribution in [0.4, 0.5) is 5.69 Å². The van der Waals surface area contributed by atoms with E-state index in [0.29, 0.717) is 23.6 Å². The Balaban J connectivity index is 1.64. The van der Waals surface area contributed by atoms with Gasteiger partial charge in [-0.1, -0.05) is 48.0 Å². The Hall–Kier alpha value is -2.68. The standard InChI is InChI=1S/C29H35ClN2O6/c1-19-11-9-12-20(30)23(19)31-16-10-14-29-21(25(34)32(15-6-7-17-33)24(29)26(31)35)22-27(36)37-18-8-4-3-5-13-28(22,2)38-29/h5,9-14,21-22,24,33H,3-4,6-8,15-18H2,1-2H3/b13-5-/t21-,22+,24?,28-,29-/m0/s1. The molecular weight excluding hydrogens is 508 g/mol. The highest BCUT2D eigenvalue weighted by molar-refractivity contribution is 6.34. The second-order valence-corrected chi connectivity index (χ2v) is 11.2. The number of carbonyl (C=O) groups excluding carboxylic acids is 3. The molecular formula is C29H35ClN2O6. The minimum Gasteiger partial charge on any atom is -0.465 e. The quantitative estimate of drug-likeness (QED) is 0.347. The van der Waals surface area contributed by atoms with Gasteiger partial charge in [-0.25, -0.2) is 0 Å². The van der Waals surface area contributed by atoms with Crippen LogP contribution >= 0.6 is 11.6 Å². The highest BCUT2D eigenvalue weighted by Crippen LogP contribution is 2.57. The van der Waals surface area contributed by atoms with Crippen LogP contribution in [0.2, 0.25) is 5.02 Å². The average Bonchev–Trinajstić information content (AvgIpc) is 3.20. The molecule has 2 fully saturated rings. The molecule has 1 aromatic carbocycles. The molecule has 5 rings (SSSR count). The number of aryl methyl sites for hydroxylation is 1. The zero-order chi connectivity index (χ0) is 27.1. The van der Waals surface area contributed by atoms with Gasteiger partial charge in [-0.05, 0) is 57.6 Å². The number of carbonyl (C=O) groups is 3. The number of cyclic esters (lactones) is 1. The Morgan fingerprint density at radius 1 is 1.08 bits per heavy atom. The van der Waals surface area contributed by atoms with Gasteiger partial charge in [-0.15, -0.1) is 0 Å². The van der Waals surface area contributed by atoms with Gasteiger partial charge in [0.1, 0.15) is 17.6 Å². The lowest BCUT2D eigenvalue weighted by Crippen LogP contribution is -2.56. The largest absolute Gasteiger partial charge is 0.465 e. The minimum absolute atomic E-state index is 0.0195. The molecule has 0 aromatic heterocycles. The van der Waals surface area contributed by atoms with Gasteiger partial charge in [0.25, 0.3) is 5.91 Å². The van der Waals surface area contributed by atoms with E-state index in [0.717, 1.165) is 24.8 Å². The highest BCUT2D eigenvalue weighted by Gasteiger charge is 2.74. The van der Waals surface area contributed by atoms with Gasteiger partial charge in [0.2, 0.25) is 5.91 Å². The van der Waals surface area contributed by atoms with Gasteiger partial charge in [0.15, 0.2) is 0 Å². The first-order valence-electron chi connectivity index (χ1n) is 13.5. The van der Waals surface area contributed by atoms with E-state index in [1.807, 2.05) is 50.3 Å². The summed E-state index contributed by atoms with van der Waals surface area (Å²) in [5.74, 6) is -2.92. The third-order valence-corrected chi connectivity index (χ3v) is 8.57. The summed E-state index contributed by atoms with van der Waals surface area (Å²) in [5.41, 5.74) is -1.05. The molecule has 4 aliphatic rings. The molecule has 0 bridgehead atoms. The van der Waals surface area contributed by atoms with Crippen molar-refractivity contribution in [3.05, 3.63) is 53.1 Å². The Morgan fingerprint density at radius 3 is 2.66 bits per heavy atom. The lowest BCUT2D eigenvalue weighted by molar-refractivity contribution is -0.158. The maximum atomic E-state index is 14.5. The summed E-state index contributed by atoms with van der Waals surface area (Å²) < 4.78 is 12.5. The van der Waals surface area contributed by atoms with Crippen LogP contribution in [-0.4, -0.2) is 71.3 Å². The first-order chi connectivity index (χ1) is 18.2. The monoisotopic (exact) mass is 542 g/mol. The lowest BCUT2D eigenvalue weighted by atomic mass is 9.74. The number of hydrogen-bond acceptors (Lipinski definition) is 6. The number of nitrogens with zero attached hydrogens (tertiary/aromatic N) is 2. The van der Waals surface area contributed by atoms with Gasteiger partial charge in [-0.2, -0.15) is 0 Å². The first-order valence-corrected chi connectivity index (χ1v) is 13.8. The fourth-order valence-electron chi connectivity index (χ4n) is 6.60. The Morgan fingerprint density at radius 2 is 1.89 bits per heavy atom. The van der Waals surface area contributed by atoms with Crippen molar-refractivity contribution in [2.75, 3.05) is 31.2 Å². The smallest absolute Gasteiger partial charge is 0.313 e. The maximum Gasteiger partial charge on any atom is 0.313 e. The van der Waals surface area contributed by atoms with Gasteiger partial charge >= 0.3 is 5.97 Å². The molecule has 8 nitrogen and oxygen atoms in total. The number of unbranched alkanes of at least 4 members (excludes halogenated alkanes) is 1. The second-order valence-electron chi connectivity index (χ2n) is 10.8. The molecule has 1 aromatic rings. The van der Waals surface area contributed by atoms with Crippen molar-refractivity contribution in [3.8, 4) is 0 Å². The molecule has 1 N–H and O–H groups in total. The number of benzene rings is 1. The van der Waals surface area contributed by atoms with Crippen molar-refractivity contribution in [1.29, 1.82) is 0 Å². The van der Waals surface area contributed by atoms with E-state index in [2.05, 4.69) is 0 Å². The van der Waals surface area contributed by atoms with Crippen LogP contribution in [0.15, 0.2) is 42.5 Å². The predicted octanol–water partition coefficient (Wildman–Crippen LogP) is 3.58. The number of likely N-dealkylation sites (tertiary alicyclic amines) is 1. The number of para-hydroxylation sites is 1.